The number of aliphatic hydroxyl groups excluding tert-OH is 1. The van der Waals surface area contributed by atoms with Crippen LogP contribution in [0.4, 0.5) is 0 Å². The number of nitrogens with zero attached hydrogens (tertiary/aromatic N) is 1. The third-order valence-corrected chi connectivity index (χ3v) is 4.62. The van der Waals surface area contributed by atoms with Crippen LogP contribution in [0.15, 0.2) is 48.5 Å². The van der Waals surface area contributed by atoms with Crippen molar-refractivity contribution in [3.05, 3.63) is 65.2 Å². The summed E-state index contributed by atoms with van der Waals surface area (Å²) in [5, 5.41) is 10.0. The van der Waals surface area contributed by atoms with Crippen LogP contribution in [0.5, 0.6) is 5.75 Å². The number of carbonyl (C=O) groups excluding carboxylic acids is 1. The van der Waals surface area contributed by atoms with Gasteiger partial charge in [-0.3, -0.25) is 9.69 Å². The first-order valence-corrected chi connectivity index (χ1v) is 9.50. The smallest absolute Gasteiger partial charge is 0.313 e. The van der Waals surface area contributed by atoms with E-state index in [0.29, 0.717) is 5.56 Å². The standard InChI is InChI=1S/C26H37NO3/c1-18(2)26(29)30-25-13-12-21(17-28)16-24(25)23(22-10-8-7-9-11-22)14-15-27(19(3)4)20(5)6/h7-13,16,18-20,23,28H,14-15,17H2,1-6H3/i3D3,4D3,5D3,6D3,17D,19D,20D/t17-,23?/m1/s1. The van der Waals surface area contributed by atoms with E-state index in [2.05, 4.69) is 0 Å². The zero-order valence-corrected chi connectivity index (χ0v) is 17.0. The highest BCUT2D eigenvalue weighted by Gasteiger charge is 2.23. The third kappa shape index (κ3) is 6.41. The maximum absolute atomic E-state index is 12.6. The van der Waals surface area contributed by atoms with Crippen LogP contribution in [-0.4, -0.2) is 34.6 Å². The Balaban J connectivity index is 2.95. The molecular weight excluding hydrogens is 374 g/mol. The van der Waals surface area contributed by atoms with E-state index in [1.807, 2.05) is 0 Å². The summed E-state index contributed by atoms with van der Waals surface area (Å²) in [6.45, 7) is -15.0. The van der Waals surface area contributed by atoms with Gasteiger partial charge in [-0.25, -0.2) is 0 Å². The van der Waals surface area contributed by atoms with Crippen LogP contribution in [-0.2, 0) is 11.4 Å². The summed E-state index contributed by atoms with van der Waals surface area (Å²) in [6.07, 6.45) is -0.493. The molecule has 0 aliphatic heterocycles. The normalized spacial score (nSPS) is 23.6. The van der Waals surface area contributed by atoms with Gasteiger partial charge in [0.1, 0.15) is 5.75 Å². The van der Waals surface area contributed by atoms with Crippen molar-refractivity contribution in [2.24, 2.45) is 5.92 Å². The average molecular weight is 427 g/mol. The number of esters is 1. The molecule has 2 aromatic carbocycles. The molecule has 2 aromatic rings. The van der Waals surface area contributed by atoms with E-state index in [9.17, 15) is 9.90 Å². The molecule has 4 heteroatoms. The van der Waals surface area contributed by atoms with Gasteiger partial charge in [0.2, 0.25) is 0 Å². The lowest BCUT2D eigenvalue weighted by Gasteiger charge is -2.32. The molecule has 0 amide bonds. The van der Waals surface area contributed by atoms with E-state index in [-0.39, 0.29) is 21.8 Å². The summed E-state index contributed by atoms with van der Waals surface area (Å²) in [5.41, 5.74) is 0.607. The van der Waals surface area contributed by atoms with E-state index in [0.717, 1.165) is 0 Å². The van der Waals surface area contributed by atoms with E-state index in [4.69, 9.17) is 25.3 Å². The first kappa shape index (κ1) is 10.4. The Kier molecular flexibility index (Phi) is 3.92. The maximum Gasteiger partial charge on any atom is 0.313 e. The topological polar surface area (TPSA) is 49.8 Å². The molecule has 0 saturated heterocycles. The van der Waals surface area contributed by atoms with Crippen LogP contribution in [0.2, 0.25) is 0 Å². The van der Waals surface area contributed by atoms with Crippen LogP contribution in [0.1, 0.15) is 90.8 Å². The summed E-state index contributed by atoms with van der Waals surface area (Å²) in [6, 6.07) is 4.26. The lowest BCUT2D eigenvalue weighted by molar-refractivity contribution is -0.137. The zero-order chi connectivity index (χ0) is 35.0. The maximum atomic E-state index is 12.6. The Hall–Kier alpha value is -2.17. The highest BCUT2D eigenvalue weighted by atomic mass is 16.5. The predicted octanol–water partition coefficient (Wildman–Crippen LogP) is 5.38. The number of hydrogen-bond donors (Lipinski definition) is 1. The molecule has 164 valence electrons. The second-order valence-electron chi connectivity index (χ2n) is 7.10. The molecule has 0 saturated carbocycles. The van der Waals surface area contributed by atoms with Crippen molar-refractivity contribution in [3.8, 4) is 5.75 Å². The van der Waals surface area contributed by atoms with Gasteiger partial charge in [0.05, 0.1) is 13.9 Å². The van der Waals surface area contributed by atoms with Crippen molar-refractivity contribution in [2.75, 3.05) is 6.54 Å². The van der Waals surface area contributed by atoms with Crippen LogP contribution in [0.3, 0.4) is 0 Å². The number of ether oxygens (including phenoxy) is 1. The number of rotatable bonds is 10. The van der Waals surface area contributed by atoms with Gasteiger partial charge in [-0.1, -0.05) is 50.2 Å². The molecule has 0 radical (unpaired) electrons. The molecule has 0 aromatic heterocycles. The Bertz CT molecular complexity index is 1240. The molecule has 0 spiro atoms. The van der Waals surface area contributed by atoms with Gasteiger partial charge in [-0.2, -0.15) is 0 Å². The number of benzene rings is 2. The molecule has 4 nitrogen and oxygen atoms in total. The van der Waals surface area contributed by atoms with Crippen molar-refractivity contribution in [2.45, 2.75) is 72.2 Å². The number of hydrogen-bond acceptors (Lipinski definition) is 4. The molecule has 1 N–H and O–H groups in total. The molecule has 30 heavy (non-hydrogen) atoms. The van der Waals surface area contributed by atoms with Crippen LogP contribution in [0.25, 0.3) is 0 Å². The second kappa shape index (κ2) is 11.3. The fraction of sp³-hybridized carbons (Fsp3) is 0.500. The predicted molar refractivity (Wildman–Crippen MR) is 123 cm³/mol. The van der Waals surface area contributed by atoms with Gasteiger partial charge >= 0.3 is 5.97 Å². The van der Waals surface area contributed by atoms with Gasteiger partial charge in [0, 0.05) is 42.7 Å². The Morgan fingerprint density at radius 3 is 2.37 bits per heavy atom. The number of carbonyl (C=O) groups is 1. The molecule has 0 bridgehead atoms. The Morgan fingerprint density at radius 1 is 1.13 bits per heavy atom. The lowest BCUT2D eigenvalue weighted by atomic mass is 9.86. The minimum Gasteiger partial charge on any atom is -0.426 e. The molecule has 0 heterocycles. The highest BCUT2D eigenvalue weighted by molar-refractivity contribution is 5.75. The van der Waals surface area contributed by atoms with Crippen LogP contribution < -0.4 is 4.74 Å². The molecular formula is C26H37NO3. The van der Waals surface area contributed by atoms with Crippen molar-refractivity contribution < 1.29 is 35.2 Å². The van der Waals surface area contributed by atoms with Crippen LogP contribution in [0, 0.1) is 5.92 Å². The summed E-state index contributed by atoms with van der Waals surface area (Å²) in [5.74, 6) is -2.34. The quantitative estimate of drug-likeness (QED) is 0.409. The van der Waals surface area contributed by atoms with Crippen LogP contribution >= 0.6 is 0 Å². The molecule has 1 unspecified atom stereocenters. The van der Waals surface area contributed by atoms with Gasteiger partial charge < -0.3 is 9.84 Å². The zero-order valence-electron chi connectivity index (χ0n) is 32.0. The van der Waals surface area contributed by atoms with Gasteiger partial charge in [-0.05, 0) is 63.6 Å². The minimum absolute atomic E-state index is 0.0479. The van der Waals surface area contributed by atoms with Crippen molar-refractivity contribution in [1.82, 2.24) is 4.90 Å². The lowest BCUT2D eigenvalue weighted by Crippen LogP contribution is -2.38. The van der Waals surface area contributed by atoms with E-state index >= 15 is 0 Å². The van der Waals surface area contributed by atoms with E-state index in [1.54, 1.807) is 44.2 Å². The summed E-state index contributed by atoms with van der Waals surface area (Å²) >= 11 is 0. The first-order valence-electron chi connectivity index (χ1n) is 17.1. The molecule has 0 aliphatic rings. The molecule has 0 fully saturated rings. The van der Waals surface area contributed by atoms with Gasteiger partial charge in [-0.15, -0.1) is 0 Å². The monoisotopic (exact) mass is 426 g/mol. The summed E-state index contributed by atoms with van der Waals surface area (Å²) in [4.78, 5) is 12.5. The Labute approximate surface area is 203 Å². The van der Waals surface area contributed by atoms with Gasteiger partial charge in [0.25, 0.3) is 0 Å². The minimum atomic E-state index is -3.89. The fourth-order valence-electron chi connectivity index (χ4n) is 3.02. The average Bonchev–Trinajstić information content (AvgIpc) is 2.88. The van der Waals surface area contributed by atoms with E-state index in [1.165, 1.54) is 18.2 Å². The summed E-state index contributed by atoms with van der Waals surface area (Å²) in [7, 11) is 0. The fourth-order valence-corrected chi connectivity index (χ4v) is 3.02. The summed E-state index contributed by atoms with van der Waals surface area (Å²) < 4.78 is 127. The number of aliphatic hydroxyl groups is 1. The van der Waals surface area contributed by atoms with Gasteiger partial charge in [0.15, 0.2) is 0 Å². The van der Waals surface area contributed by atoms with Crippen molar-refractivity contribution in [1.29, 1.82) is 0 Å². The second-order valence-corrected chi connectivity index (χ2v) is 7.10. The van der Waals surface area contributed by atoms with Crippen molar-refractivity contribution >= 4 is 5.97 Å². The third-order valence-electron chi connectivity index (χ3n) is 4.62. The Morgan fingerprint density at radius 2 is 1.80 bits per heavy atom. The van der Waals surface area contributed by atoms with E-state index < -0.39 is 76.8 Å². The first-order chi connectivity index (χ1) is 20.2. The SMILES string of the molecule is [2H][C@@H](O)c1ccc(OC(=O)C(C)C)c(C(CCN(C([2H])(C([2H])([2H])[2H])C([2H])([2H])[2H])C([2H])(C([2H])([2H])[2H])C([2H])([2H])[2H])c2ccccc2)c1. The molecule has 2 rings (SSSR count). The van der Waals surface area contributed by atoms with Crippen molar-refractivity contribution in [3.63, 3.8) is 0 Å². The molecule has 2 atom stereocenters. The highest BCUT2D eigenvalue weighted by Crippen LogP contribution is 2.36. The largest absolute Gasteiger partial charge is 0.426 e. The molecule has 0 aliphatic carbocycles.